The normalized spacial score (nSPS) is 11.7. The Morgan fingerprint density at radius 1 is 1.48 bits per heavy atom. The van der Waals surface area contributed by atoms with Crippen LogP contribution in [-0.2, 0) is 4.79 Å². The maximum absolute atomic E-state index is 12.1. The van der Waals surface area contributed by atoms with E-state index in [9.17, 15) is 19.7 Å². The summed E-state index contributed by atoms with van der Waals surface area (Å²) in [7, 11) is 0. The highest BCUT2D eigenvalue weighted by Gasteiger charge is 2.17. The number of nitrogens with one attached hydrogen (secondary N) is 1. The number of nitro benzene ring substituents is 1. The highest BCUT2D eigenvalue weighted by atomic mass is 127. The maximum atomic E-state index is 12.1. The lowest BCUT2D eigenvalue weighted by molar-refractivity contribution is -0.384. The number of benzene rings is 1. The summed E-state index contributed by atoms with van der Waals surface area (Å²) in [5, 5.41) is 22.1. The Bertz CT molecular complexity index is 561. The van der Waals surface area contributed by atoms with Gasteiger partial charge in [-0.3, -0.25) is 19.7 Å². The van der Waals surface area contributed by atoms with Crippen LogP contribution in [0.1, 0.15) is 30.1 Å². The lowest BCUT2D eigenvalue weighted by atomic mass is 10.0. The second-order valence-electron chi connectivity index (χ2n) is 4.50. The van der Waals surface area contributed by atoms with E-state index in [4.69, 9.17) is 5.11 Å². The van der Waals surface area contributed by atoms with Gasteiger partial charge in [0.2, 0.25) is 0 Å². The molecule has 2 N–H and O–H groups in total. The Labute approximate surface area is 135 Å². The first kappa shape index (κ1) is 17.3. The molecule has 0 aliphatic heterocycles. The molecule has 21 heavy (non-hydrogen) atoms. The first-order valence-corrected chi connectivity index (χ1v) is 7.37. The molecule has 1 aromatic rings. The molecule has 0 heterocycles. The van der Waals surface area contributed by atoms with Crippen molar-refractivity contribution in [3.05, 3.63) is 37.4 Å². The van der Waals surface area contributed by atoms with Crippen molar-refractivity contribution in [3.8, 4) is 0 Å². The van der Waals surface area contributed by atoms with Crippen LogP contribution in [0.15, 0.2) is 18.2 Å². The zero-order valence-electron chi connectivity index (χ0n) is 11.3. The first-order chi connectivity index (χ1) is 9.85. The summed E-state index contributed by atoms with van der Waals surface area (Å²) in [6.45, 7) is 2.07. The lowest BCUT2D eigenvalue weighted by Crippen LogP contribution is -2.30. The van der Waals surface area contributed by atoms with E-state index in [1.54, 1.807) is 0 Å². The fourth-order valence-electron chi connectivity index (χ4n) is 1.74. The van der Waals surface area contributed by atoms with E-state index in [1.807, 2.05) is 29.5 Å². The zero-order chi connectivity index (χ0) is 16.0. The SMILES string of the molecule is CCC(CNC(=O)c1cc([N+](=O)[O-])ccc1I)CC(=O)O. The third-order valence-electron chi connectivity index (χ3n) is 3.00. The predicted octanol–water partition coefficient (Wildman–Crippen LogP) is 2.43. The number of hydrogen-bond donors (Lipinski definition) is 2. The molecule has 1 atom stereocenters. The van der Waals surface area contributed by atoms with Gasteiger partial charge in [-0.05, 0) is 34.6 Å². The molecule has 0 bridgehead atoms. The van der Waals surface area contributed by atoms with E-state index in [0.29, 0.717) is 9.99 Å². The molecule has 1 rings (SSSR count). The number of carboxylic acid groups (broad SMARTS) is 1. The van der Waals surface area contributed by atoms with Crippen LogP contribution in [0.25, 0.3) is 0 Å². The fraction of sp³-hybridized carbons (Fsp3) is 0.385. The number of carbonyl (C=O) groups is 2. The van der Waals surface area contributed by atoms with Gasteiger partial charge in [0.05, 0.1) is 10.5 Å². The van der Waals surface area contributed by atoms with Crippen molar-refractivity contribution in [1.29, 1.82) is 0 Å². The molecule has 0 fully saturated rings. The van der Waals surface area contributed by atoms with Crippen LogP contribution in [0.3, 0.4) is 0 Å². The number of aliphatic carboxylic acids is 1. The molecule has 0 saturated carbocycles. The number of amides is 1. The van der Waals surface area contributed by atoms with E-state index in [-0.39, 0.29) is 30.1 Å². The average molecular weight is 406 g/mol. The van der Waals surface area contributed by atoms with Crippen molar-refractivity contribution in [2.45, 2.75) is 19.8 Å². The Hall–Kier alpha value is -1.71. The number of carbonyl (C=O) groups excluding carboxylic acids is 1. The van der Waals surface area contributed by atoms with Crippen molar-refractivity contribution >= 4 is 40.2 Å². The van der Waals surface area contributed by atoms with Crippen LogP contribution in [0.2, 0.25) is 0 Å². The smallest absolute Gasteiger partial charge is 0.303 e. The summed E-state index contributed by atoms with van der Waals surface area (Å²) >= 11 is 1.92. The number of hydrogen-bond acceptors (Lipinski definition) is 4. The Kier molecular flexibility index (Phi) is 6.53. The maximum Gasteiger partial charge on any atom is 0.303 e. The summed E-state index contributed by atoms with van der Waals surface area (Å²) < 4.78 is 0.599. The second kappa shape index (κ2) is 7.91. The van der Waals surface area contributed by atoms with Crippen LogP contribution in [-0.4, -0.2) is 28.5 Å². The minimum atomic E-state index is -0.916. The molecule has 0 saturated heterocycles. The van der Waals surface area contributed by atoms with Gasteiger partial charge in [-0.1, -0.05) is 13.3 Å². The van der Waals surface area contributed by atoms with Crippen molar-refractivity contribution in [2.24, 2.45) is 5.92 Å². The number of rotatable bonds is 7. The molecule has 0 radical (unpaired) electrons. The molecule has 1 aromatic carbocycles. The Balaban J connectivity index is 2.77. The van der Waals surface area contributed by atoms with Gasteiger partial charge in [-0.2, -0.15) is 0 Å². The van der Waals surface area contributed by atoms with E-state index in [0.717, 1.165) is 0 Å². The highest BCUT2D eigenvalue weighted by molar-refractivity contribution is 14.1. The number of halogens is 1. The van der Waals surface area contributed by atoms with Gasteiger partial charge < -0.3 is 10.4 Å². The summed E-state index contributed by atoms with van der Waals surface area (Å²) in [6.07, 6.45) is 0.599. The quantitative estimate of drug-likeness (QED) is 0.411. The monoisotopic (exact) mass is 406 g/mol. The number of nitro groups is 1. The van der Waals surface area contributed by atoms with Gasteiger partial charge in [-0.15, -0.1) is 0 Å². The molecular formula is C13H15IN2O5. The third kappa shape index (κ3) is 5.29. The summed E-state index contributed by atoms with van der Waals surface area (Å²) in [6, 6.07) is 4.05. The Morgan fingerprint density at radius 2 is 2.14 bits per heavy atom. The van der Waals surface area contributed by atoms with Crippen LogP contribution in [0.5, 0.6) is 0 Å². The number of nitrogens with zero attached hydrogens (tertiary/aromatic N) is 1. The molecular weight excluding hydrogens is 391 g/mol. The van der Waals surface area contributed by atoms with E-state index in [2.05, 4.69) is 5.32 Å². The van der Waals surface area contributed by atoms with E-state index in [1.165, 1.54) is 18.2 Å². The summed E-state index contributed by atoms with van der Waals surface area (Å²) in [5.41, 5.74) is 0.0631. The third-order valence-corrected chi connectivity index (χ3v) is 3.94. The molecule has 0 aliphatic rings. The van der Waals surface area contributed by atoms with Crippen molar-refractivity contribution in [3.63, 3.8) is 0 Å². The first-order valence-electron chi connectivity index (χ1n) is 6.29. The van der Waals surface area contributed by atoms with Crippen molar-refractivity contribution in [1.82, 2.24) is 5.32 Å². The van der Waals surface area contributed by atoms with Gasteiger partial charge in [0.15, 0.2) is 0 Å². The highest BCUT2D eigenvalue weighted by Crippen LogP contribution is 2.19. The summed E-state index contributed by atoms with van der Waals surface area (Å²) in [5.74, 6) is -1.52. The lowest BCUT2D eigenvalue weighted by Gasteiger charge is -2.13. The molecule has 0 spiro atoms. The van der Waals surface area contributed by atoms with Crippen LogP contribution in [0.4, 0.5) is 5.69 Å². The van der Waals surface area contributed by atoms with Crippen LogP contribution >= 0.6 is 22.6 Å². The Morgan fingerprint density at radius 3 is 2.67 bits per heavy atom. The molecule has 0 aliphatic carbocycles. The minimum Gasteiger partial charge on any atom is -0.481 e. The molecule has 1 amide bonds. The number of non-ortho nitro benzene ring substituents is 1. The fourth-order valence-corrected chi connectivity index (χ4v) is 2.32. The summed E-state index contributed by atoms with van der Waals surface area (Å²) in [4.78, 5) is 32.9. The molecule has 7 nitrogen and oxygen atoms in total. The van der Waals surface area contributed by atoms with Gasteiger partial charge in [-0.25, -0.2) is 0 Å². The van der Waals surface area contributed by atoms with Gasteiger partial charge in [0.1, 0.15) is 0 Å². The standard InChI is InChI=1S/C13H15IN2O5/c1-2-8(5-12(17)18)7-15-13(19)10-6-9(16(20)21)3-4-11(10)14/h3-4,6,8H,2,5,7H2,1H3,(H,15,19)(H,17,18). The predicted molar refractivity (Wildman–Crippen MR) is 84.2 cm³/mol. The van der Waals surface area contributed by atoms with Crippen molar-refractivity contribution in [2.75, 3.05) is 6.54 Å². The molecule has 8 heteroatoms. The second-order valence-corrected chi connectivity index (χ2v) is 5.67. The van der Waals surface area contributed by atoms with Gasteiger partial charge in [0, 0.05) is 28.7 Å². The average Bonchev–Trinajstić information content (AvgIpc) is 2.42. The van der Waals surface area contributed by atoms with Crippen LogP contribution in [0, 0.1) is 19.6 Å². The topological polar surface area (TPSA) is 110 Å². The van der Waals surface area contributed by atoms with Gasteiger partial charge in [0.25, 0.3) is 11.6 Å². The van der Waals surface area contributed by atoms with Crippen molar-refractivity contribution < 1.29 is 19.6 Å². The number of carboxylic acids is 1. The largest absolute Gasteiger partial charge is 0.481 e. The van der Waals surface area contributed by atoms with E-state index < -0.39 is 16.8 Å². The van der Waals surface area contributed by atoms with Crippen LogP contribution < -0.4 is 5.32 Å². The zero-order valence-corrected chi connectivity index (χ0v) is 13.5. The molecule has 1 unspecified atom stereocenters. The van der Waals surface area contributed by atoms with E-state index >= 15 is 0 Å². The molecule has 114 valence electrons. The minimum absolute atomic E-state index is 0.0250. The van der Waals surface area contributed by atoms with Gasteiger partial charge >= 0.3 is 5.97 Å². The molecule has 0 aromatic heterocycles.